The first-order valence-electron chi connectivity index (χ1n) is 8.33. The average Bonchev–Trinajstić information content (AvgIpc) is 2.68. The number of methoxy groups -OCH3 is 1. The Morgan fingerprint density at radius 2 is 1.89 bits per heavy atom. The third-order valence-electron chi connectivity index (χ3n) is 4.03. The van der Waals surface area contributed by atoms with Gasteiger partial charge in [0.2, 0.25) is 5.91 Å². The molecule has 2 N–H and O–H groups in total. The van der Waals surface area contributed by atoms with Crippen molar-refractivity contribution in [2.75, 3.05) is 25.6 Å². The van der Waals surface area contributed by atoms with E-state index in [0.29, 0.717) is 17.7 Å². The molecule has 0 aromatic heterocycles. The first-order valence-corrected chi connectivity index (χ1v) is 8.33. The minimum Gasteiger partial charge on any atom is -0.497 e. The van der Waals surface area contributed by atoms with Gasteiger partial charge in [-0.3, -0.25) is 14.4 Å². The van der Waals surface area contributed by atoms with E-state index in [4.69, 9.17) is 9.47 Å². The topological polar surface area (TPSA) is 93.7 Å². The van der Waals surface area contributed by atoms with E-state index < -0.39 is 5.91 Å². The molecule has 0 unspecified atom stereocenters. The van der Waals surface area contributed by atoms with E-state index in [1.165, 1.54) is 13.2 Å². The molecule has 0 radical (unpaired) electrons. The van der Waals surface area contributed by atoms with Gasteiger partial charge in [0.05, 0.1) is 19.2 Å². The van der Waals surface area contributed by atoms with E-state index in [0.717, 1.165) is 11.1 Å². The maximum Gasteiger partial charge on any atom is 0.258 e. The van der Waals surface area contributed by atoms with Crippen LogP contribution in [0.25, 0.3) is 0 Å². The molecule has 2 rings (SSSR count). The van der Waals surface area contributed by atoms with E-state index in [9.17, 15) is 14.4 Å². The van der Waals surface area contributed by atoms with Gasteiger partial charge in [0.1, 0.15) is 11.5 Å². The van der Waals surface area contributed by atoms with E-state index in [1.54, 1.807) is 18.2 Å². The Labute approximate surface area is 157 Å². The number of anilines is 1. The highest BCUT2D eigenvalue weighted by Gasteiger charge is 2.10. The van der Waals surface area contributed by atoms with Crippen LogP contribution in [0.15, 0.2) is 36.4 Å². The standard InChI is InChI=1S/C20H22N2O5/c1-13-5-4-6-17(14(13)2)22-19(24)10-21-20(25)12-27-18-8-7-16(26-3)9-15(18)11-23/h4-9,11H,10,12H2,1-3H3,(H,21,25)(H,22,24). The summed E-state index contributed by atoms with van der Waals surface area (Å²) in [5.74, 6) is -0.0355. The molecule has 2 aromatic carbocycles. The molecular formula is C20H22N2O5. The summed E-state index contributed by atoms with van der Waals surface area (Å²) in [6.45, 7) is 3.37. The van der Waals surface area contributed by atoms with Gasteiger partial charge < -0.3 is 20.1 Å². The quantitative estimate of drug-likeness (QED) is 0.695. The van der Waals surface area contributed by atoms with Crippen LogP contribution < -0.4 is 20.1 Å². The predicted molar refractivity (Wildman–Crippen MR) is 101 cm³/mol. The first-order chi connectivity index (χ1) is 12.9. The fraction of sp³-hybridized carbons (Fsp3) is 0.250. The van der Waals surface area contributed by atoms with Crippen molar-refractivity contribution in [1.29, 1.82) is 0 Å². The molecule has 2 aromatic rings. The highest BCUT2D eigenvalue weighted by atomic mass is 16.5. The number of nitrogens with one attached hydrogen (secondary N) is 2. The largest absolute Gasteiger partial charge is 0.497 e. The van der Waals surface area contributed by atoms with Crippen molar-refractivity contribution in [3.8, 4) is 11.5 Å². The fourth-order valence-corrected chi connectivity index (χ4v) is 2.33. The van der Waals surface area contributed by atoms with Crippen LogP contribution in [0.1, 0.15) is 21.5 Å². The van der Waals surface area contributed by atoms with Gasteiger partial charge in [0.25, 0.3) is 5.91 Å². The van der Waals surface area contributed by atoms with E-state index in [-0.39, 0.29) is 30.4 Å². The van der Waals surface area contributed by atoms with Gasteiger partial charge in [-0.25, -0.2) is 0 Å². The Bertz CT molecular complexity index is 848. The summed E-state index contributed by atoms with van der Waals surface area (Å²) in [6, 6.07) is 10.3. The van der Waals surface area contributed by atoms with Crippen LogP contribution in [0.3, 0.4) is 0 Å². The molecule has 142 valence electrons. The molecular weight excluding hydrogens is 348 g/mol. The number of aryl methyl sites for hydroxylation is 1. The minimum atomic E-state index is -0.473. The third kappa shape index (κ3) is 5.57. The van der Waals surface area contributed by atoms with Crippen molar-refractivity contribution in [3.63, 3.8) is 0 Å². The lowest BCUT2D eigenvalue weighted by molar-refractivity contribution is -0.125. The second-order valence-electron chi connectivity index (χ2n) is 5.88. The van der Waals surface area contributed by atoms with Gasteiger partial charge in [-0.05, 0) is 49.2 Å². The highest BCUT2D eigenvalue weighted by molar-refractivity contribution is 5.95. The number of carbonyl (C=O) groups excluding carboxylic acids is 3. The minimum absolute atomic E-state index is 0.182. The first kappa shape index (κ1) is 20.0. The molecule has 0 aliphatic rings. The second kappa shape index (κ2) is 9.38. The van der Waals surface area contributed by atoms with Crippen molar-refractivity contribution in [2.45, 2.75) is 13.8 Å². The Hall–Kier alpha value is -3.35. The molecule has 0 aliphatic heterocycles. The van der Waals surface area contributed by atoms with Crippen molar-refractivity contribution < 1.29 is 23.9 Å². The summed E-state index contributed by atoms with van der Waals surface area (Å²) in [5.41, 5.74) is 3.02. The smallest absolute Gasteiger partial charge is 0.258 e. The van der Waals surface area contributed by atoms with Crippen LogP contribution in [0, 0.1) is 13.8 Å². The molecule has 0 saturated carbocycles. The summed E-state index contributed by atoms with van der Waals surface area (Å²) in [6.07, 6.45) is 0.618. The van der Waals surface area contributed by atoms with Crippen LogP contribution in [-0.2, 0) is 9.59 Å². The predicted octanol–water partition coefficient (Wildman–Crippen LogP) is 2.26. The summed E-state index contributed by atoms with van der Waals surface area (Å²) in [4.78, 5) is 35.0. The van der Waals surface area contributed by atoms with Crippen LogP contribution in [0.4, 0.5) is 5.69 Å². The number of aldehydes is 1. The van der Waals surface area contributed by atoms with E-state index in [2.05, 4.69) is 10.6 Å². The molecule has 27 heavy (non-hydrogen) atoms. The number of carbonyl (C=O) groups is 3. The molecule has 0 heterocycles. The molecule has 0 saturated heterocycles. The van der Waals surface area contributed by atoms with Crippen molar-refractivity contribution in [3.05, 3.63) is 53.1 Å². The molecule has 7 nitrogen and oxygen atoms in total. The Morgan fingerprint density at radius 1 is 1.11 bits per heavy atom. The van der Waals surface area contributed by atoms with Crippen LogP contribution >= 0.6 is 0 Å². The SMILES string of the molecule is COc1ccc(OCC(=O)NCC(=O)Nc2cccc(C)c2C)c(C=O)c1. The van der Waals surface area contributed by atoms with Gasteiger partial charge in [0.15, 0.2) is 12.9 Å². The Morgan fingerprint density at radius 3 is 2.59 bits per heavy atom. The molecule has 0 aliphatic carbocycles. The summed E-state index contributed by atoms with van der Waals surface area (Å²) in [7, 11) is 1.49. The second-order valence-corrected chi connectivity index (χ2v) is 5.88. The Kier molecular flexibility index (Phi) is 6.93. The number of ether oxygens (including phenoxy) is 2. The van der Waals surface area contributed by atoms with Crippen molar-refractivity contribution in [2.24, 2.45) is 0 Å². The summed E-state index contributed by atoms with van der Waals surface area (Å²) < 4.78 is 10.4. The number of amides is 2. The van der Waals surface area contributed by atoms with Crippen LogP contribution in [0.2, 0.25) is 0 Å². The zero-order chi connectivity index (χ0) is 19.8. The number of benzene rings is 2. The maximum atomic E-state index is 12.0. The molecule has 0 bridgehead atoms. The lowest BCUT2D eigenvalue weighted by atomic mass is 10.1. The Balaban J connectivity index is 1.83. The van der Waals surface area contributed by atoms with Gasteiger partial charge in [-0.15, -0.1) is 0 Å². The summed E-state index contributed by atoms with van der Waals surface area (Å²) >= 11 is 0. The number of hydrogen-bond donors (Lipinski definition) is 2. The molecule has 7 heteroatoms. The van der Waals surface area contributed by atoms with Crippen LogP contribution in [-0.4, -0.2) is 38.4 Å². The van der Waals surface area contributed by atoms with E-state index in [1.807, 2.05) is 26.0 Å². The van der Waals surface area contributed by atoms with Gasteiger partial charge in [-0.2, -0.15) is 0 Å². The van der Waals surface area contributed by atoms with Gasteiger partial charge in [0, 0.05) is 5.69 Å². The van der Waals surface area contributed by atoms with E-state index >= 15 is 0 Å². The molecule has 0 atom stereocenters. The van der Waals surface area contributed by atoms with Crippen molar-refractivity contribution in [1.82, 2.24) is 5.32 Å². The average molecular weight is 370 g/mol. The third-order valence-corrected chi connectivity index (χ3v) is 4.03. The maximum absolute atomic E-state index is 12.0. The van der Waals surface area contributed by atoms with Crippen LogP contribution in [0.5, 0.6) is 11.5 Å². The van der Waals surface area contributed by atoms with Crippen molar-refractivity contribution >= 4 is 23.8 Å². The zero-order valence-corrected chi connectivity index (χ0v) is 15.5. The lowest BCUT2D eigenvalue weighted by Gasteiger charge is -2.12. The highest BCUT2D eigenvalue weighted by Crippen LogP contribution is 2.22. The normalized spacial score (nSPS) is 10.0. The lowest BCUT2D eigenvalue weighted by Crippen LogP contribution is -2.36. The van der Waals surface area contributed by atoms with Gasteiger partial charge >= 0.3 is 0 Å². The molecule has 0 spiro atoms. The molecule has 0 fully saturated rings. The molecule has 2 amide bonds. The summed E-state index contributed by atoms with van der Waals surface area (Å²) in [5, 5.41) is 5.23. The van der Waals surface area contributed by atoms with Gasteiger partial charge in [-0.1, -0.05) is 12.1 Å². The number of rotatable bonds is 8. The zero-order valence-electron chi connectivity index (χ0n) is 15.5. The fourth-order valence-electron chi connectivity index (χ4n) is 2.33. The monoisotopic (exact) mass is 370 g/mol. The number of hydrogen-bond acceptors (Lipinski definition) is 5.